The van der Waals surface area contributed by atoms with Gasteiger partial charge in [0.2, 0.25) is 5.91 Å². The zero-order valence-electron chi connectivity index (χ0n) is 20.4. The number of aromatic nitrogens is 1. The molecule has 1 aliphatic rings. The Labute approximate surface area is 219 Å². The number of carbonyl (C=O) groups excluding carboxylic acids is 1. The number of nitrogens with zero attached hydrogens (tertiary/aromatic N) is 2. The fourth-order valence-electron chi connectivity index (χ4n) is 4.26. The van der Waals surface area contributed by atoms with E-state index < -0.39 is 12.1 Å². The van der Waals surface area contributed by atoms with Crippen molar-refractivity contribution in [2.45, 2.75) is 49.6 Å². The number of aliphatic hydroxyl groups is 1. The molecule has 36 heavy (non-hydrogen) atoms. The predicted octanol–water partition coefficient (Wildman–Crippen LogP) is 5.37. The molecule has 0 unspecified atom stereocenters. The minimum Gasteiger partial charge on any atom is -0.476 e. The van der Waals surface area contributed by atoms with Gasteiger partial charge in [0.15, 0.2) is 10.0 Å². The second-order valence-electron chi connectivity index (χ2n) is 9.00. The molecule has 3 aromatic rings. The minimum atomic E-state index is -1.03. The fraction of sp³-hybridized carbons (Fsp3) is 0.321. The maximum Gasteiger partial charge on any atom is 0.355 e. The van der Waals surface area contributed by atoms with E-state index in [0.29, 0.717) is 29.5 Å². The summed E-state index contributed by atoms with van der Waals surface area (Å²) in [5, 5.41) is 21.2. The highest BCUT2D eigenvalue weighted by Gasteiger charge is 2.28. The van der Waals surface area contributed by atoms with E-state index in [1.165, 1.54) is 45.2 Å². The van der Waals surface area contributed by atoms with Crippen LogP contribution in [0.15, 0.2) is 64.3 Å². The second kappa shape index (κ2) is 11.9. The maximum atomic E-state index is 12.4. The van der Waals surface area contributed by atoms with Crippen molar-refractivity contribution in [2.75, 3.05) is 12.3 Å². The Bertz CT molecular complexity index is 1270. The van der Waals surface area contributed by atoms with Crippen LogP contribution in [0.25, 0.3) is 11.1 Å². The van der Waals surface area contributed by atoms with Crippen molar-refractivity contribution >= 4 is 35.0 Å². The molecule has 1 aliphatic heterocycles. The van der Waals surface area contributed by atoms with Crippen LogP contribution in [0.4, 0.5) is 0 Å². The number of carboxylic acid groups (broad SMARTS) is 1. The number of hydrogen-bond donors (Lipinski definition) is 2. The minimum absolute atomic E-state index is 0.0412. The zero-order chi connectivity index (χ0) is 25.7. The normalized spacial score (nSPS) is 16.7. The average Bonchev–Trinajstić information content (AvgIpc) is 3.47. The number of aromatic carboxylic acids is 1. The van der Waals surface area contributed by atoms with Gasteiger partial charge in [0, 0.05) is 30.5 Å². The van der Waals surface area contributed by atoms with Gasteiger partial charge in [-0.05, 0) is 48.1 Å². The van der Waals surface area contributed by atoms with Crippen molar-refractivity contribution in [1.29, 1.82) is 0 Å². The number of aryl methyl sites for hydroxylation is 2. The van der Waals surface area contributed by atoms with Crippen LogP contribution in [-0.2, 0) is 11.2 Å². The molecular weight excluding hydrogens is 492 g/mol. The van der Waals surface area contributed by atoms with Crippen LogP contribution in [0.2, 0.25) is 0 Å². The summed E-state index contributed by atoms with van der Waals surface area (Å²) in [6.07, 6.45) is 4.83. The highest BCUT2D eigenvalue weighted by molar-refractivity contribution is 8.01. The molecule has 1 saturated heterocycles. The summed E-state index contributed by atoms with van der Waals surface area (Å²) < 4.78 is 0.685. The van der Waals surface area contributed by atoms with Gasteiger partial charge in [-0.1, -0.05) is 66.4 Å². The lowest BCUT2D eigenvalue weighted by Crippen LogP contribution is -2.33. The Kier molecular flexibility index (Phi) is 8.61. The molecule has 2 aromatic carbocycles. The highest BCUT2D eigenvalue weighted by atomic mass is 32.2. The summed E-state index contributed by atoms with van der Waals surface area (Å²) in [4.78, 5) is 29.3. The molecule has 1 aromatic heterocycles. The van der Waals surface area contributed by atoms with Crippen molar-refractivity contribution in [3.05, 3.63) is 82.4 Å². The van der Waals surface area contributed by atoms with Crippen LogP contribution in [0.1, 0.15) is 40.0 Å². The molecular formula is C28H30N2O4S2. The number of rotatable bonds is 10. The molecule has 6 nitrogen and oxygen atoms in total. The first-order valence-corrected chi connectivity index (χ1v) is 13.8. The Morgan fingerprint density at radius 2 is 2.03 bits per heavy atom. The average molecular weight is 523 g/mol. The van der Waals surface area contributed by atoms with E-state index in [-0.39, 0.29) is 17.6 Å². The first kappa shape index (κ1) is 26.1. The molecule has 0 radical (unpaired) electrons. The Morgan fingerprint density at radius 3 is 2.78 bits per heavy atom. The second-order valence-corrected chi connectivity index (χ2v) is 11.2. The number of carboxylic acids is 1. The molecule has 2 N–H and O–H groups in total. The van der Waals surface area contributed by atoms with Crippen LogP contribution >= 0.6 is 23.1 Å². The molecule has 2 atom stereocenters. The quantitative estimate of drug-likeness (QED) is 0.275. The van der Waals surface area contributed by atoms with Crippen molar-refractivity contribution < 1.29 is 19.8 Å². The van der Waals surface area contributed by atoms with Crippen molar-refractivity contribution in [1.82, 2.24) is 9.88 Å². The summed E-state index contributed by atoms with van der Waals surface area (Å²) in [6, 6.07) is 14.7. The lowest BCUT2D eigenvalue weighted by Gasteiger charge is -2.22. The van der Waals surface area contributed by atoms with E-state index in [1.807, 2.05) is 23.1 Å². The SMILES string of the molecule is Cc1ccc(-c2cccc(C[C@H](O)C=C[C@H]3CCC(=O)N3CCSc3nc(C(=O)O)cs3)c2)cc1C. The van der Waals surface area contributed by atoms with Gasteiger partial charge in [-0.15, -0.1) is 11.3 Å². The third-order valence-electron chi connectivity index (χ3n) is 6.40. The van der Waals surface area contributed by atoms with Crippen molar-refractivity contribution in [3.8, 4) is 11.1 Å². The summed E-state index contributed by atoms with van der Waals surface area (Å²) in [5.41, 5.74) is 5.93. The highest BCUT2D eigenvalue weighted by Crippen LogP contribution is 2.26. The summed E-state index contributed by atoms with van der Waals surface area (Å²) in [6.45, 7) is 4.77. The molecule has 0 aliphatic carbocycles. The van der Waals surface area contributed by atoms with Gasteiger partial charge in [-0.2, -0.15) is 0 Å². The van der Waals surface area contributed by atoms with E-state index in [0.717, 1.165) is 17.5 Å². The number of thiazole rings is 1. The van der Waals surface area contributed by atoms with Crippen LogP contribution in [0.3, 0.4) is 0 Å². The number of thioether (sulfide) groups is 1. The van der Waals surface area contributed by atoms with E-state index in [2.05, 4.69) is 49.2 Å². The Balaban J connectivity index is 1.32. The van der Waals surface area contributed by atoms with Gasteiger partial charge in [-0.3, -0.25) is 4.79 Å². The standard InChI is InChI=1S/C28H30N2O4S2/c1-18-6-7-22(14-19(18)2)21-5-3-4-20(15-21)16-24(31)10-8-23-9-11-26(32)30(23)12-13-35-28-29-25(17-36-28)27(33)34/h3-8,10,14-15,17,23-24,31H,9,11-13,16H2,1-2H3,(H,33,34)/t23-,24+/m0/s1. The monoisotopic (exact) mass is 522 g/mol. The van der Waals surface area contributed by atoms with Gasteiger partial charge in [-0.25, -0.2) is 9.78 Å². The number of carbonyl (C=O) groups is 2. The van der Waals surface area contributed by atoms with Crippen LogP contribution in [0, 0.1) is 13.8 Å². The lowest BCUT2D eigenvalue weighted by atomic mass is 9.97. The Hall–Kier alpha value is -2.94. The van der Waals surface area contributed by atoms with Gasteiger partial charge < -0.3 is 15.1 Å². The molecule has 0 spiro atoms. The van der Waals surface area contributed by atoms with Crippen LogP contribution < -0.4 is 0 Å². The third kappa shape index (κ3) is 6.63. The summed E-state index contributed by atoms with van der Waals surface area (Å²) >= 11 is 2.75. The molecule has 188 valence electrons. The van der Waals surface area contributed by atoms with Gasteiger partial charge in [0.05, 0.1) is 12.1 Å². The number of amides is 1. The number of benzene rings is 2. The molecule has 1 fully saturated rings. The number of aliphatic hydroxyl groups excluding tert-OH is 1. The van der Waals surface area contributed by atoms with E-state index in [1.54, 1.807) is 6.08 Å². The molecule has 8 heteroatoms. The van der Waals surface area contributed by atoms with Gasteiger partial charge in [0.1, 0.15) is 0 Å². The first-order valence-electron chi connectivity index (χ1n) is 11.9. The lowest BCUT2D eigenvalue weighted by molar-refractivity contribution is -0.128. The zero-order valence-corrected chi connectivity index (χ0v) is 22.0. The molecule has 2 heterocycles. The summed E-state index contributed by atoms with van der Waals surface area (Å²) in [5.74, 6) is -0.295. The van der Waals surface area contributed by atoms with Gasteiger partial charge in [0.25, 0.3) is 0 Å². The summed E-state index contributed by atoms with van der Waals surface area (Å²) in [7, 11) is 0. The van der Waals surface area contributed by atoms with Crippen LogP contribution in [-0.4, -0.2) is 56.4 Å². The fourth-order valence-corrected chi connectivity index (χ4v) is 6.07. The van der Waals surface area contributed by atoms with E-state index >= 15 is 0 Å². The smallest absolute Gasteiger partial charge is 0.355 e. The third-order valence-corrected chi connectivity index (χ3v) is 8.40. The maximum absolute atomic E-state index is 12.4. The molecule has 4 rings (SSSR count). The van der Waals surface area contributed by atoms with E-state index in [4.69, 9.17) is 5.11 Å². The topological polar surface area (TPSA) is 90.7 Å². The molecule has 0 bridgehead atoms. The number of hydrogen-bond acceptors (Lipinski definition) is 6. The number of likely N-dealkylation sites (tertiary alicyclic amines) is 1. The largest absolute Gasteiger partial charge is 0.476 e. The Morgan fingerprint density at radius 1 is 1.22 bits per heavy atom. The predicted molar refractivity (Wildman–Crippen MR) is 145 cm³/mol. The molecule has 1 amide bonds. The molecule has 0 saturated carbocycles. The first-order chi connectivity index (χ1) is 17.3. The van der Waals surface area contributed by atoms with Crippen molar-refractivity contribution in [2.24, 2.45) is 0 Å². The van der Waals surface area contributed by atoms with Crippen LogP contribution in [0.5, 0.6) is 0 Å². The van der Waals surface area contributed by atoms with Crippen molar-refractivity contribution in [3.63, 3.8) is 0 Å². The van der Waals surface area contributed by atoms with E-state index in [9.17, 15) is 14.7 Å². The van der Waals surface area contributed by atoms with Gasteiger partial charge >= 0.3 is 5.97 Å².